The van der Waals surface area contributed by atoms with Crippen LogP contribution in [-0.2, 0) is 4.79 Å². The predicted molar refractivity (Wildman–Crippen MR) is 71.7 cm³/mol. The molecule has 5 nitrogen and oxygen atoms in total. The molecule has 1 fully saturated rings. The minimum atomic E-state index is -0.891. The Labute approximate surface area is 117 Å². The Hall–Kier alpha value is -1.08. The first-order valence-corrected chi connectivity index (χ1v) is 7.17. The Morgan fingerprint density at radius 1 is 1.78 bits per heavy atom. The molecule has 7 heteroatoms. The number of thiophene rings is 1. The Morgan fingerprint density at radius 2 is 2.50 bits per heavy atom. The number of carbonyl (C=O) groups excluding carboxylic acids is 1. The lowest BCUT2D eigenvalue weighted by Crippen LogP contribution is -2.37. The molecule has 0 radical (unpaired) electrons. The smallest absolute Gasteiger partial charge is 0.318 e. The van der Waals surface area contributed by atoms with Crippen LogP contribution in [0.2, 0.25) is 0 Å². The molecule has 2 rings (SSSR count). The SMILES string of the molecule is CC(CC(=O)O)N1CC(c2cc(Br)cs2)NC1=O. The van der Waals surface area contributed by atoms with E-state index >= 15 is 0 Å². The molecular formula is C11H13BrN2O3S. The highest BCUT2D eigenvalue weighted by Crippen LogP contribution is 2.29. The Kier molecular flexibility index (Phi) is 3.91. The molecule has 1 aromatic rings. The second-order valence-corrected chi connectivity index (χ2v) is 6.13. The van der Waals surface area contributed by atoms with Crippen molar-refractivity contribution in [2.24, 2.45) is 0 Å². The van der Waals surface area contributed by atoms with Crippen molar-refractivity contribution in [2.75, 3.05) is 6.54 Å². The number of nitrogens with zero attached hydrogens (tertiary/aromatic N) is 1. The van der Waals surface area contributed by atoms with E-state index in [4.69, 9.17) is 5.11 Å². The minimum Gasteiger partial charge on any atom is -0.481 e. The van der Waals surface area contributed by atoms with Gasteiger partial charge in [-0.25, -0.2) is 4.79 Å². The summed E-state index contributed by atoms with van der Waals surface area (Å²) in [5.74, 6) is -0.891. The van der Waals surface area contributed by atoms with Gasteiger partial charge < -0.3 is 15.3 Å². The molecule has 1 aliphatic heterocycles. The van der Waals surface area contributed by atoms with Crippen molar-refractivity contribution in [3.63, 3.8) is 0 Å². The molecule has 0 bridgehead atoms. The highest BCUT2D eigenvalue weighted by atomic mass is 79.9. The predicted octanol–water partition coefficient (Wildman–Crippen LogP) is 2.44. The van der Waals surface area contributed by atoms with Crippen molar-refractivity contribution in [3.8, 4) is 0 Å². The van der Waals surface area contributed by atoms with E-state index in [0.717, 1.165) is 9.35 Å². The van der Waals surface area contributed by atoms with E-state index < -0.39 is 5.97 Å². The van der Waals surface area contributed by atoms with Crippen molar-refractivity contribution in [1.82, 2.24) is 10.2 Å². The van der Waals surface area contributed by atoms with E-state index in [0.29, 0.717) is 6.54 Å². The van der Waals surface area contributed by atoms with E-state index in [1.807, 2.05) is 11.4 Å². The minimum absolute atomic E-state index is 0.0335. The van der Waals surface area contributed by atoms with Crippen molar-refractivity contribution < 1.29 is 14.7 Å². The van der Waals surface area contributed by atoms with E-state index in [2.05, 4.69) is 21.2 Å². The van der Waals surface area contributed by atoms with Gasteiger partial charge in [-0.05, 0) is 28.9 Å². The molecule has 1 aromatic heterocycles. The van der Waals surface area contributed by atoms with Gasteiger partial charge in [-0.15, -0.1) is 11.3 Å². The monoisotopic (exact) mass is 332 g/mol. The number of carboxylic acid groups (broad SMARTS) is 1. The molecule has 2 amide bonds. The quantitative estimate of drug-likeness (QED) is 0.889. The third kappa shape index (κ3) is 2.84. The van der Waals surface area contributed by atoms with Crippen LogP contribution in [0.5, 0.6) is 0 Å². The van der Waals surface area contributed by atoms with Crippen LogP contribution < -0.4 is 5.32 Å². The largest absolute Gasteiger partial charge is 0.481 e. The zero-order valence-corrected chi connectivity index (χ0v) is 12.1. The fraction of sp³-hybridized carbons (Fsp3) is 0.455. The van der Waals surface area contributed by atoms with Crippen LogP contribution in [0.25, 0.3) is 0 Å². The molecule has 2 atom stereocenters. The molecule has 2 unspecified atom stereocenters. The third-order valence-corrected chi connectivity index (χ3v) is 4.68. The number of aliphatic carboxylic acids is 1. The molecule has 18 heavy (non-hydrogen) atoms. The highest BCUT2D eigenvalue weighted by Gasteiger charge is 2.34. The lowest BCUT2D eigenvalue weighted by molar-refractivity contribution is -0.137. The van der Waals surface area contributed by atoms with Crippen LogP contribution in [0.15, 0.2) is 15.9 Å². The van der Waals surface area contributed by atoms with E-state index in [1.165, 1.54) is 0 Å². The fourth-order valence-corrected chi connectivity index (χ4v) is 3.46. The molecule has 0 saturated carbocycles. The average Bonchev–Trinajstić information content (AvgIpc) is 2.83. The molecular weight excluding hydrogens is 320 g/mol. The van der Waals surface area contributed by atoms with Gasteiger partial charge in [0.25, 0.3) is 0 Å². The zero-order valence-electron chi connectivity index (χ0n) is 9.72. The number of halogens is 1. The van der Waals surface area contributed by atoms with Crippen LogP contribution in [0.4, 0.5) is 4.79 Å². The summed E-state index contributed by atoms with van der Waals surface area (Å²) in [7, 11) is 0. The molecule has 2 N–H and O–H groups in total. The van der Waals surface area contributed by atoms with Gasteiger partial charge in [-0.1, -0.05) is 0 Å². The second-order valence-electron chi connectivity index (χ2n) is 4.27. The Morgan fingerprint density at radius 3 is 3.06 bits per heavy atom. The fourth-order valence-electron chi connectivity index (χ4n) is 1.97. The van der Waals surface area contributed by atoms with Gasteiger partial charge in [-0.2, -0.15) is 0 Å². The van der Waals surface area contributed by atoms with Crippen molar-refractivity contribution in [2.45, 2.75) is 25.4 Å². The van der Waals surface area contributed by atoms with Gasteiger partial charge in [0, 0.05) is 27.3 Å². The number of rotatable bonds is 4. The summed E-state index contributed by atoms with van der Waals surface area (Å²) in [6.45, 7) is 2.26. The maximum absolute atomic E-state index is 11.8. The van der Waals surface area contributed by atoms with E-state index in [1.54, 1.807) is 23.2 Å². The summed E-state index contributed by atoms with van der Waals surface area (Å²) in [4.78, 5) is 25.1. The second kappa shape index (κ2) is 5.27. The van der Waals surface area contributed by atoms with Gasteiger partial charge >= 0.3 is 12.0 Å². The van der Waals surface area contributed by atoms with Crippen LogP contribution in [-0.4, -0.2) is 34.6 Å². The molecule has 0 spiro atoms. The standard InChI is InChI=1S/C11H13BrN2O3S/c1-6(2-10(15)16)14-4-8(13-11(14)17)9-3-7(12)5-18-9/h3,5-6,8H,2,4H2,1H3,(H,13,17)(H,15,16). The van der Waals surface area contributed by atoms with Crippen LogP contribution in [0.3, 0.4) is 0 Å². The Bertz CT molecular complexity index is 477. The Balaban J connectivity index is 2.04. The van der Waals surface area contributed by atoms with Crippen molar-refractivity contribution in [3.05, 3.63) is 20.8 Å². The van der Waals surface area contributed by atoms with E-state index in [9.17, 15) is 9.59 Å². The first-order chi connectivity index (χ1) is 8.47. The van der Waals surface area contributed by atoms with Gasteiger partial charge in [0.1, 0.15) is 0 Å². The first kappa shape index (κ1) is 13.4. The number of amides is 2. The summed E-state index contributed by atoms with van der Waals surface area (Å²) in [6.07, 6.45) is -0.0335. The van der Waals surface area contributed by atoms with Gasteiger partial charge in [-0.3, -0.25) is 4.79 Å². The number of carbonyl (C=O) groups is 2. The maximum atomic E-state index is 11.8. The number of carboxylic acids is 1. The first-order valence-electron chi connectivity index (χ1n) is 5.50. The summed E-state index contributed by atoms with van der Waals surface area (Å²) in [5, 5.41) is 13.6. The van der Waals surface area contributed by atoms with Gasteiger partial charge in [0.15, 0.2) is 0 Å². The molecule has 0 aliphatic carbocycles. The normalized spacial score (nSPS) is 20.9. The average molecular weight is 333 g/mol. The number of urea groups is 1. The van der Waals surface area contributed by atoms with Crippen LogP contribution >= 0.6 is 27.3 Å². The lowest BCUT2D eigenvalue weighted by Gasteiger charge is -2.21. The third-order valence-electron chi connectivity index (χ3n) is 2.87. The highest BCUT2D eigenvalue weighted by molar-refractivity contribution is 9.10. The number of nitrogens with one attached hydrogen (secondary N) is 1. The molecule has 1 aliphatic rings. The van der Waals surface area contributed by atoms with E-state index in [-0.39, 0.29) is 24.5 Å². The molecule has 0 aromatic carbocycles. The zero-order chi connectivity index (χ0) is 13.3. The summed E-state index contributed by atoms with van der Waals surface area (Å²) in [5.41, 5.74) is 0. The lowest BCUT2D eigenvalue weighted by atomic mass is 10.2. The maximum Gasteiger partial charge on any atom is 0.318 e. The molecule has 2 heterocycles. The van der Waals surface area contributed by atoms with Crippen molar-refractivity contribution >= 4 is 39.3 Å². The molecule has 98 valence electrons. The van der Waals surface area contributed by atoms with Crippen LogP contribution in [0, 0.1) is 0 Å². The van der Waals surface area contributed by atoms with Crippen LogP contribution in [0.1, 0.15) is 24.3 Å². The van der Waals surface area contributed by atoms with Crippen molar-refractivity contribution in [1.29, 1.82) is 0 Å². The summed E-state index contributed by atoms with van der Waals surface area (Å²) >= 11 is 4.95. The summed E-state index contributed by atoms with van der Waals surface area (Å²) in [6, 6.07) is 1.43. The van der Waals surface area contributed by atoms with Gasteiger partial charge in [0.2, 0.25) is 0 Å². The van der Waals surface area contributed by atoms with Gasteiger partial charge in [0.05, 0.1) is 12.5 Å². The topological polar surface area (TPSA) is 69.6 Å². The summed E-state index contributed by atoms with van der Waals surface area (Å²) < 4.78 is 0.994. The molecule has 1 saturated heterocycles. The number of hydrogen-bond acceptors (Lipinski definition) is 3. The number of hydrogen-bond donors (Lipinski definition) is 2.